The Hall–Kier alpha value is -1.36. The van der Waals surface area contributed by atoms with Crippen LogP contribution in [-0.4, -0.2) is 4.92 Å². The molecule has 0 radical (unpaired) electrons. The number of hydrogen-bond donors (Lipinski definition) is 0. The molecule has 0 unspecified atom stereocenters. The van der Waals surface area contributed by atoms with Gasteiger partial charge in [0.05, 0.1) is 20.0 Å². The Bertz CT molecular complexity index is 676. The van der Waals surface area contributed by atoms with Gasteiger partial charge in [0.15, 0.2) is 0 Å². The number of halogens is 4. The van der Waals surface area contributed by atoms with Crippen LogP contribution in [0.3, 0.4) is 0 Å². The highest BCUT2D eigenvalue weighted by atomic mass is 35.5. The van der Waals surface area contributed by atoms with E-state index in [-0.39, 0.29) is 26.2 Å². The molecule has 0 aromatic heterocycles. The molecule has 0 saturated heterocycles. The van der Waals surface area contributed by atoms with E-state index in [2.05, 4.69) is 0 Å². The van der Waals surface area contributed by atoms with Gasteiger partial charge in [0.2, 0.25) is 5.82 Å². The molecule has 0 saturated carbocycles. The van der Waals surface area contributed by atoms with Gasteiger partial charge in [-0.1, -0.05) is 46.9 Å². The van der Waals surface area contributed by atoms with Crippen LogP contribution in [-0.2, 0) is 0 Å². The zero-order valence-corrected chi connectivity index (χ0v) is 11.4. The summed E-state index contributed by atoms with van der Waals surface area (Å²) in [4.78, 5) is 9.90. The SMILES string of the molecule is O=[N+]([O-])c1cccc(-c2cc(Cl)c(Cl)cc2Cl)c1F. The highest BCUT2D eigenvalue weighted by Crippen LogP contribution is 2.38. The van der Waals surface area contributed by atoms with Crippen molar-refractivity contribution in [2.45, 2.75) is 0 Å². The second-order valence-electron chi connectivity index (χ2n) is 3.64. The molecule has 0 aliphatic carbocycles. The lowest BCUT2D eigenvalue weighted by Crippen LogP contribution is -1.95. The Kier molecular flexibility index (Phi) is 3.94. The summed E-state index contributed by atoms with van der Waals surface area (Å²) in [6.45, 7) is 0. The lowest BCUT2D eigenvalue weighted by Gasteiger charge is -2.08. The fourth-order valence-corrected chi connectivity index (χ4v) is 2.25. The van der Waals surface area contributed by atoms with E-state index in [4.69, 9.17) is 34.8 Å². The predicted octanol–water partition coefficient (Wildman–Crippen LogP) is 5.36. The first-order chi connectivity index (χ1) is 8.91. The van der Waals surface area contributed by atoms with Gasteiger partial charge in [-0.3, -0.25) is 10.1 Å². The summed E-state index contributed by atoms with van der Waals surface area (Å²) in [5, 5.41) is 11.3. The van der Waals surface area contributed by atoms with Gasteiger partial charge < -0.3 is 0 Å². The summed E-state index contributed by atoms with van der Waals surface area (Å²) in [7, 11) is 0. The van der Waals surface area contributed by atoms with Crippen molar-refractivity contribution in [1.82, 2.24) is 0 Å². The van der Waals surface area contributed by atoms with E-state index in [0.29, 0.717) is 0 Å². The maximum atomic E-state index is 14.0. The summed E-state index contributed by atoms with van der Waals surface area (Å²) in [5.74, 6) is -0.965. The molecule has 0 fully saturated rings. The van der Waals surface area contributed by atoms with E-state index in [1.807, 2.05) is 0 Å². The molecule has 3 nitrogen and oxygen atoms in total. The molecular formula is C12H5Cl3FNO2. The van der Waals surface area contributed by atoms with E-state index >= 15 is 0 Å². The molecule has 19 heavy (non-hydrogen) atoms. The molecule has 0 heterocycles. The van der Waals surface area contributed by atoms with Gasteiger partial charge in [-0.15, -0.1) is 0 Å². The number of nitro groups is 1. The number of benzene rings is 2. The third-order valence-corrected chi connectivity index (χ3v) is 3.51. The van der Waals surface area contributed by atoms with Gasteiger partial charge in [0.25, 0.3) is 0 Å². The van der Waals surface area contributed by atoms with Crippen molar-refractivity contribution in [2.24, 2.45) is 0 Å². The maximum absolute atomic E-state index is 14.0. The first-order valence-corrected chi connectivity index (χ1v) is 6.13. The zero-order valence-electron chi connectivity index (χ0n) is 9.16. The lowest BCUT2D eigenvalue weighted by atomic mass is 10.0. The highest BCUT2D eigenvalue weighted by molar-refractivity contribution is 6.44. The zero-order chi connectivity index (χ0) is 14.2. The number of hydrogen-bond acceptors (Lipinski definition) is 2. The van der Waals surface area contributed by atoms with Crippen LogP contribution in [0, 0.1) is 15.9 Å². The number of nitrogens with zero attached hydrogens (tertiary/aromatic N) is 1. The van der Waals surface area contributed by atoms with E-state index < -0.39 is 16.4 Å². The first kappa shape index (κ1) is 14.1. The van der Waals surface area contributed by atoms with Crippen LogP contribution in [0.4, 0.5) is 10.1 Å². The molecule has 0 bridgehead atoms. The summed E-state index contributed by atoms with van der Waals surface area (Å²) in [6, 6.07) is 6.56. The molecule has 0 amide bonds. The average molecular weight is 321 g/mol. The molecule has 2 aromatic rings. The molecule has 0 aliphatic rings. The van der Waals surface area contributed by atoms with Crippen molar-refractivity contribution in [1.29, 1.82) is 0 Å². The standard InChI is InChI=1S/C12H5Cl3FNO2/c13-8-5-10(15)9(14)4-7(8)6-2-1-3-11(12(6)16)17(18)19/h1-5H. The highest BCUT2D eigenvalue weighted by Gasteiger charge is 2.20. The largest absolute Gasteiger partial charge is 0.305 e. The van der Waals surface area contributed by atoms with Gasteiger partial charge in [0, 0.05) is 17.2 Å². The molecule has 0 spiro atoms. The number of rotatable bonds is 2. The van der Waals surface area contributed by atoms with E-state index in [1.54, 1.807) is 0 Å². The fourth-order valence-electron chi connectivity index (χ4n) is 1.60. The van der Waals surface area contributed by atoms with E-state index in [0.717, 1.165) is 6.07 Å². The molecule has 0 N–H and O–H groups in total. The summed E-state index contributed by atoms with van der Waals surface area (Å²) in [6.07, 6.45) is 0. The minimum Gasteiger partial charge on any atom is -0.258 e. The Balaban J connectivity index is 2.69. The molecule has 2 aromatic carbocycles. The minimum atomic E-state index is -0.965. The fraction of sp³-hybridized carbons (Fsp3) is 0. The minimum absolute atomic E-state index is 0.00207. The maximum Gasteiger partial charge on any atom is 0.305 e. The van der Waals surface area contributed by atoms with Crippen LogP contribution in [0.2, 0.25) is 15.1 Å². The van der Waals surface area contributed by atoms with Crippen LogP contribution in [0.15, 0.2) is 30.3 Å². The van der Waals surface area contributed by atoms with Crippen LogP contribution < -0.4 is 0 Å². The van der Waals surface area contributed by atoms with Crippen LogP contribution in [0.1, 0.15) is 0 Å². The molecule has 2 rings (SSSR count). The van der Waals surface area contributed by atoms with Gasteiger partial charge in [-0.05, 0) is 12.1 Å². The third kappa shape index (κ3) is 2.66. The summed E-state index contributed by atoms with van der Waals surface area (Å²) < 4.78 is 14.0. The smallest absolute Gasteiger partial charge is 0.258 e. The monoisotopic (exact) mass is 319 g/mol. The summed E-state index contributed by atoms with van der Waals surface area (Å²) >= 11 is 17.6. The Morgan fingerprint density at radius 3 is 2.26 bits per heavy atom. The molecule has 7 heteroatoms. The number of nitro benzene ring substituents is 1. The van der Waals surface area contributed by atoms with Crippen molar-refractivity contribution in [3.63, 3.8) is 0 Å². The van der Waals surface area contributed by atoms with Crippen LogP contribution in [0.5, 0.6) is 0 Å². The normalized spacial score (nSPS) is 10.5. The summed E-state index contributed by atoms with van der Waals surface area (Å²) in [5.41, 5.74) is -0.380. The topological polar surface area (TPSA) is 43.1 Å². The third-order valence-electron chi connectivity index (χ3n) is 2.48. The Morgan fingerprint density at radius 1 is 1.00 bits per heavy atom. The lowest BCUT2D eigenvalue weighted by molar-refractivity contribution is -0.387. The molecule has 0 aliphatic heterocycles. The van der Waals surface area contributed by atoms with E-state index in [9.17, 15) is 14.5 Å². The van der Waals surface area contributed by atoms with E-state index in [1.165, 1.54) is 24.3 Å². The quantitative estimate of drug-likeness (QED) is 0.424. The molecule has 98 valence electrons. The van der Waals surface area contributed by atoms with Crippen LogP contribution in [0.25, 0.3) is 11.1 Å². The van der Waals surface area contributed by atoms with Gasteiger partial charge in [0.1, 0.15) is 0 Å². The van der Waals surface area contributed by atoms with Crippen molar-refractivity contribution >= 4 is 40.5 Å². The van der Waals surface area contributed by atoms with Gasteiger partial charge >= 0.3 is 5.69 Å². The van der Waals surface area contributed by atoms with Gasteiger partial charge in [-0.25, -0.2) is 0 Å². The van der Waals surface area contributed by atoms with Gasteiger partial charge in [-0.2, -0.15) is 4.39 Å². The molecule has 0 atom stereocenters. The molecular weight excluding hydrogens is 315 g/mol. The van der Waals surface area contributed by atoms with Crippen molar-refractivity contribution in [3.05, 3.63) is 61.3 Å². The second-order valence-corrected chi connectivity index (χ2v) is 4.86. The van der Waals surface area contributed by atoms with Crippen molar-refractivity contribution in [3.8, 4) is 11.1 Å². The second kappa shape index (κ2) is 5.33. The predicted molar refractivity (Wildman–Crippen MR) is 73.5 cm³/mol. The Morgan fingerprint density at radius 2 is 1.63 bits per heavy atom. The Labute approximate surface area is 122 Å². The van der Waals surface area contributed by atoms with Crippen molar-refractivity contribution in [2.75, 3.05) is 0 Å². The first-order valence-electron chi connectivity index (χ1n) is 4.99. The average Bonchev–Trinajstić information content (AvgIpc) is 2.34. The van der Waals surface area contributed by atoms with Crippen LogP contribution >= 0.6 is 34.8 Å². The van der Waals surface area contributed by atoms with Crippen molar-refractivity contribution < 1.29 is 9.31 Å².